The summed E-state index contributed by atoms with van der Waals surface area (Å²) in [7, 11) is 0. The summed E-state index contributed by atoms with van der Waals surface area (Å²) in [5, 5.41) is 14.2. The molecule has 6 nitrogen and oxygen atoms in total. The standard InChI is InChI=1S/C10H18N2O4S2/c13-9(14)6-16-2-1-11-10(15)12-5-8-7-17-3-4-18-8/h8H,1-7H2,(H,13,14)(H2,11,12,15). The molecular formula is C10H18N2O4S2. The molecule has 8 heteroatoms. The molecule has 1 rings (SSSR count). The van der Waals surface area contributed by atoms with Gasteiger partial charge in [-0.1, -0.05) is 0 Å². The van der Waals surface area contributed by atoms with E-state index < -0.39 is 5.97 Å². The lowest BCUT2D eigenvalue weighted by molar-refractivity contribution is -0.142. The fourth-order valence-electron chi connectivity index (χ4n) is 1.32. The maximum absolute atomic E-state index is 11.4. The molecule has 0 aromatic rings. The molecule has 3 N–H and O–H groups in total. The maximum Gasteiger partial charge on any atom is 0.329 e. The monoisotopic (exact) mass is 294 g/mol. The van der Waals surface area contributed by atoms with Gasteiger partial charge in [0, 0.05) is 35.6 Å². The van der Waals surface area contributed by atoms with Crippen LogP contribution in [0.5, 0.6) is 0 Å². The molecule has 2 amide bonds. The van der Waals surface area contributed by atoms with Gasteiger partial charge in [0.1, 0.15) is 6.61 Å². The Kier molecular flexibility index (Phi) is 8.03. The third-order valence-electron chi connectivity index (χ3n) is 2.13. The first kappa shape index (κ1) is 15.5. The van der Waals surface area contributed by atoms with Gasteiger partial charge in [0.15, 0.2) is 0 Å². The van der Waals surface area contributed by atoms with Crippen LogP contribution in [0.2, 0.25) is 0 Å². The largest absolute Gasteiger partial charge is 0.480 e. The van der Waals surface area contributed by atoms with Gasteiger partial charge >= 0.3 is 12.0 Å². The highest BCUT2D eigenvalue weighted by Gasteiger charge is 2.14. The molecule has 0 bridgehead atoms. The number of carbonyl (C=O) groups excluding carboxylic acids is 1. The van der Waals surface area contributed by atoms with E-state index in [1.807, 2.05) is 23.5 Å². The van der Waals surface area contributed by atoms with E-state index in [9.17, 15) is 9.59 Å². The Hall–Kier alpha value is -0.600. The average molecular weight is 294 g/mol. The fourth-order valence-corrected chi connectivity index (χ4v) is 3.93. The Labute approximate surface area is 115 Å². The third-order valence-corrected chi connectivity index (χ3v) is 4.98. The van der Waals surface area contributed by atoms with Crippen molar-refractivity contribution in [1.29, 1.82) is 0 Å². The summed E-state index contributed by atoms with van der Waals surface area (Å²) in [5.41, 5.74) is 0. The molecule has 0 saturated carbocycles. The molecule has 0 aromatic heterocycles. The van der Waals surface area contributed by atoms with E-state index in [1.54, 1.807) is 0 Å². The first-order valence-corrected chi connectivity index (χ1v) is 7.89. The predicted molar refractivity (Wildman–Crippen MR) is 73.4 cm³/mol. The summed E-state index contributed by atoms with van der Waals surface area (Å²) in [6.07, 6.45) is 0. The van der Waals surface area contributed by atoms with Crippen LogP contribution >= 0.6 is 23.5 Å². The van der Waals surface area contributed by atoms with E-state index in [0.717, 1.165) is 11.5 Å². The number of carboxylic acid groups (broad SMARTS) is 1. The second-order valence-corrected chi connectivity index (χ2v) is 6.21. The SMILES string of the molecule is O=C(O)COCCNC(=O)NCC1CSCCS1. The number of aliphatic carboxylic acids is 1. The van der Waals surface area contributed by atoms with Crippen molar-refractivity contribution in [3.05, 3.63) is 0 Å². The number of hydrogen-bond acceptors (Lipinski definition) is 5. The van der Waals surface area contributed by atoms with Gasteiger partial charge in [0.2, 0.25) is 0 Å². The second kappa shape index (κ2) is 9.35. The molecule has 1 fully saturated rings. The zero-order chi connectivity index (χ0) is 13.2. The number of thioether (sulfide) groups is 2. The molecule has 1 saturated heterocycles. The molecule has 0 radical (unpaired) electrons. The van der Waals surface area contributed by atoms with Crippen LogP contribution in [0.3, 0.4) is 0 Å². The van der Waals surface area contributed by atoms with Gasteiger partial charge < -0.3 is 20.5 Å². The van der Waals surface area contributed by atoms with Crippen LogP contribution in [0, 0.1) is 0 Å². The number of rotatable bonds is 7. The predicted octanol–water partition coefficient (Wildman–Crippen LogP) is 0.235. The Morgan fingerprint density at radius 3 is 2.83 bits per heavy atom. The van der Waals surface area contributed by atoms with Crippen LogP contribution in [-0.4, -0.2) is 65.9 Å². The van der Waals surface area contributed by atoms with Gasteiger partial charge in [0.05, 0.1) is 6.61 Å². The quantitative estimate of drug-likeness (QED) is 0.583. The zero-order valence-corrected chi connectivity index (χ0v) is 11.6. The summed E-state index contributed by atoms with van der Waals surface area (Å²) < 4.78 is 4.79. The first-order valence-electron chi connectivity index (χ1n) is 5.69. The summed E-state index contributed by atoms with van der Waals surface area (Å²) >= 11 is 3.80. The van der Waals surface area contributed by atoms with E-state index in [0.29, 0.717) is 18.3 Å². The number of amides is 2. The highest BCUT2D eigenvalue weighted by atomic mass is 32.2. The Bertz CT molecular complexity index is 273. The number of carbonyl (C=O) groups is 2. The van der Waals surface area contributed by atoms with Crippen molar-refractivity contribution in [1.82, 2.24) is 10.6 Å². The van der Waals surface area contributed by atoms with Crippen molar-refractivity contribution in [2.24, 2.45) is 0 Å². The highest BCUT2D eigenvalue weighted by molar-refractivity contribution is 8.06. The molecule has 1 aliphatic heterocycles. The van der Waals surface area contributed by atoms with Gasteiger partial charge in [-0.3, -0.25) is 0 Å². The lowest BCUT2D eigenvalue weighted by Crippen LogP contribution is -2.41. The Morgan fingerprint density at radius 1 is 1.33 bits per heavy atom. The minimum atomic E-state index is -1.01. The van der Waals surface area contributed by atoms with Gasteiger partial charge in [-0.05, 0) is 0 Å². The van der Waals surface area contributed by atoms with Crippen molar-refractivity contribution in [2.75, 3.05) is 43.6 Å². The molecule has 1 aliphatic rings. The topological polar surface area (TPSA) is 87.7 Å². The van der Waals surface area contributed by atoms with E-state index in [1.165, 1.54) is 5.75 Å². The smallest absolute Gasteiger partial charge is 0.329 e. The minimum Gasteiger partial charge on any atom is -0.480 e. The molecule has 0 aromatic carbocycles. The molecule has 104 valence electrons. The summed E-state index contributed by atoms with van der Waals surface area (Å²) in [4.78, 5) is 21.5. The Morgan fingerprint density at radius 2 is 2.17 bits per heavy atom. The van der Waals surface area contributed by atoms with Crippen LogP contribution in [0.15, 0.2) is 0 Å². The van der Waals surface area contributed by atoms with Crippen LogP contribution in [0.25, 0.3) is 0 Å². The van der Waals surface area contributed by atoms with Gasteiger partial charge in [-0.2, -0.15) is 23.5 Å². The molecule has 18 heavy (non-hydrogen) atoms. The van der Waals surface area contributed by atoms with Crippen LogP contribution in [0.1, 0.15) is 0 Å². The molecular weight excluding hydrogens is 276 g/mol. The summed E-state index contributed by atoms with van der Waals surface area (Å²) in [6.45, 7) is 0.845. The van der Waals surface area contributed by atoms with Crippen molar-refractivity contribution >= 4 is 35.5 Å². The molecule has 1 atom stereocenters. The zero-order valence-electron chi connectivity index (χ0n) is 10.0. The van der Waals surface area contributed by atoms with Crippen molar-refractivity contribution < 1.29 is 19.4 Å². The number of urea groups is 1. The van der Waals surface area contributed by atoms with Gasteiger partial charge in [-0.25, -0.2) is 9.59 Å². The maximum atomic E-state index is 11.4. The van der Waals surface area contributed by atoms with E-state index in [2.05, 4.69) is 10.6 Å². The second-order valence-electron chi connectivity index (χ2n) is 3.65. The van der Waals surface area contributed by atoms with Crippen molar-refractivity contribution in [2.45, 2.75) is 5.25 Å². The molecule has 1 unspecified atom stereocenters. The van der Waals surface area contributed by atoms with Crippen LogP contribution in [-0.2, 0) is 9.53 Å². The minimum absolute atomic E-state index is 0.202. The fraction of sp³-hybridized carbons (Fsp3) is 0.800. The molecule has 0 aliphatic carbocycles. The number of ether oxygens (including phenoxy) is 1. The number of nitrogens with one attached hydrogen (secondary N) is 2. The average Bonchev–Trinajstić information content (AvgIpc) is 2.37. The molecule has 0 spiro atoms. The summed E-state index contributed by atoms with van der Waals surface area (Å²) in [5.74, 6) is 2.40. The van der Waals surface area contributed by atoms with Crippen molar-refractivity contribution in [3.63, 3.8) is 0 Å². The summed E-state index contributed by atoms with van der Waals surface area (Å²) in [6, 6.07) is -0.231. The van der Waals surface area contributed by atoms with E-state index in [4.69, 9.17) is 9.84 Å². The normalized spacial score (nSPS) is 19.2. The number of carboxylic acids is 1. The van der Waals surface area contributed by atoms with E-state index in [-0.39, 0.29) is 19.2 Å². The third kappa shape index (κ3) is 7.67. The lowest BCUT2D eigenvalue weighted by Gasteiger charge is -2.21. The van der Waals surface area contributed by atoms with Gasteiger partial charge in [-0.15, -0.1) is 0 Å². The lowest BCUT2D eigenvalue weighted by atomic mass is 10.5. The first-order chi connectivity index (χ1) is 8.68. The van der Waals surface area contributed by atoms with Crippen LogP contribution < -0.4 is 10.6 Å². The van der Waals surface area contributed by atoms with Crippen LogP contribution in [0.4, 0.5) is 4.79 Å². The van der Waals surface area contributed by atoms with Gasteiger partial charge in [0.25, 0.3) is 0 Å². The van der Waals surface area contributed by atoms with Crippen molar-refractivity contribution in [3.8, 4) is 0 Å². The molecule has 1 heterocycles. The number of hydrogen-bond donors (Lipinski definition) is 3. The highest BCUT2D eigenvalue weighted by Crippen LogP contribution is 2.23. The van der Waals surface area contributed by atoms with E-state index >= 15 is 0 Å². The Balaban J connectivity index is 1.94.